The lowest BCUT2D eigenvalue weighted by Crippen LogP contribution is -2.15. The Morgan fingerprint density at radius 2 is 2.06 bits per heavy atom. The number of anilines is 1. The highest BCUT2D eigenvalue weighted by molar-refractivity contribution is 5.47. The van der Waals surface area contributed by atoms with Crippen LogP contribution in [0.4, 0.5) is 5.88 Å². The maximum Gasteiger partial charge on any atom is 0.228 e. The van der Waals surface area contributed by atoms with Crippen molar-refractivity contribution in [1.82, 2.24) is 5.16 Å². The molecule has 1 heterocycles. The van der Waals surface area contributed by atoms with Gasteiger partial charge in [0.1, 0.15) is 0 Å². The molecule has 0 bridgehead atoms. The summed E-state index contributed by atoms with van der Waals surface area (Å²) in [5.74, 6) is 1.89. The molecule has 0 amide bonds. The van der Waals surface area contributed by atoms with E-state index in [2.05, 4.69) is 47.7 Å². The van der Waals surface area contributed by atoms with E-state index in [0.717, 1.165) is 24.4 Å². The summed E-state index contributed by atoms with van der Waals surface area (Å²) >= 11 is 0. The minimum atomic E-state index is 0.493. The fourth-order valence-corrected chi connectivity index (χ4v) is 3.01. The Morgan fingerprint density at radius 1 is 1.28 bits per heavy atom. The second-order valence-corrected chi connectivity index (χ2v) is 5.07. The summed E-state index contributed by atoms with van der Waals surface area (Å²) in [6, 6.07) is 10.7. The minimum Gasteiger partial charge on any atom is -0.357 e. The van der Waals surface area contributed by atoms with Gasteiger partial charge in [-0.15, -0.1) is 0 Å². The highest BCUT2D eigenvalue weighted by atomic mass is 16.5. The highest BCUT2D eigenvalue weighted by Crippen LogP contribution is 2.42. The molecule has 1 aromatic carbocycles. The third-order valence-electron chi connectivity index (χ3n) is 3.87. The van der Waals surface area contributed by atoms with E-state index in [0.29, 0.717) is 11.8 Å². The van der Waals surface area contributed by atoms with E-state index >= 15 is 0 Å². The fourth-order valence-electron chi connectivity index (χ4n) is 3.01. The maximum atomic E-state index is 5.36. The standard InChI is InChI=1S/C15H18N2O/c1-10-8-12(11-6-4-3-5-7-11)9-13-14(10)15(16-2)18-17-13/h3-7,10,12,16H,8-9H2,1-2H3. The lowest BCUT2D eigenvalue weighted by atomic mass is 9.77. The molecule has 0 aliphatic heterocycles. The molecule has 2 aromatic rings. The lowest BCUT2D eigenvalue weighted by molar-refractivity contribution is 0.421. The van der Waals surface area contributed by atoms with Gasteiger partial charge < -0.3 is 9.84 Å². The first kappa shape index (κ1) is 11.3. The van der Waals surface area contributed by atoms with Crippen LogP contribution in [0, 0.1) is 0 Å². The second kappa shape index (κ2) is 4.48. The Balaban J connectivity index is 1.93. The normalized spacial score (nSPS) is 22.6. The smallest absolute Gasteiger partial charge is 0.228 e. The van der Waals surface area contributed by atoms with Gasteiger partial charge in [0, 0.05) is 19.0 Å². The number of rotatable bonds is 2. The number of benzene rings is 1. The summed E-state index contributed by atoms with van der Waals surface area (Å²) in [7, 11) is 1.89. The van der Waals surface area contributed by atoms with Crippen molar-refractivity contribution in [2.75, 3.05) is 12.4 Å². The Kier molecular flexibility index (Phi) is 2.82. The van der Waals surface area contributed by atoms with Crippen molar-refractivity contribution in [2.45, 2.75) is 31.6 Å². The lowest BCUT2D eigenvalue weighted by Gasteiger charge is -2.26. The Bertz CT molecular complexity index is 533. The molecule has 3 nitrogen and oxygen atoms in total. The van der Waals surface area contributed by atoms with Crippen LogP contribution in [0.3, 0.4) is 0 Å². The van der Waals surface area contributed by atoms with E-state index in [9.17, 15) is 0 Å². The number of fused-ring (bicyclic) bond motifs is 1. The number of hydrogen-bond donors (Lipinski definition) is 1. The van der Waals surface area contributed by atoms with Crippen LogP contribution in [0.25, 0.3) is 0 Å². The molecule has 94 valence electrons. The first-order valence-electron chi connectivity index (χ1n) is 6.50. The Hall–Kier alpha value is -1.77. The van der Waals surface area contributed by atoms with Gasteiger partial charge in [0.25, 0.3) is 0 Å². The zero-order valence-corrected chi connectivity index (χ0v) is 10.8. The third kappa shape index (κ3) is 1.80. The van der Waals surface area contributed by atoms with Crippen molar-refractivity contribution in [3.8, 4) is 0 Å². The molecule has 1 aliphatic rings. The van der Waals surface area contributed by atoms with Gasteiger partial charge in [-0.05, 0) is 23.8 Å². The molecule has 3 heteroatoms. The fraction of sp³-hybridized carbons (Fsp3) is 0.400. The molecular weight excluding hydrogens is 224 g/mol. The van der Waals surface area contributed by atoms with Crippen LogP contribution in [0.1, 0.15) is 42.0 Å². The van der Waals surface area contributed by atoms with Crippen molar-refractivity contribution >= 4 is 5.88 Å². The molecule has 18 heavy (non-hydrogen) atoms. The maximum absolute atomic E-state index is 5.36. The number of aromatic nitrogens is 1. The summed E-state index contributed by atoms with van der Waals surface area (Å²) < 4.78 is 5.36. The monoisotopic (exact) mass is 242 g/mol. The summed E-state index contributed by atoms with van der Waals surface area (Å²) in [5.41, 5.74) is 3.79. The van der Waals surface area contributed by atoms with Crippen molar-refractivity contribution in [2.24, 2.45) is 0 Å². The minimum absolute atomic E-state index is 0.493. The second-order valence-electron chi connectivity index (χ2n) is 5.07. The van der Waals surface area contributed by atoms with Crippen molar-refractivity contribution in [3.63, 3.8) is 0 Å². The van der Waals surface area contributed by atoms with Crippen LogP contribution in [0.5, 0.6) is 0 Å². The molecule has 0 fully saturated rings. The molecule has 0 saturated carbocycles. The molecular formula is C15H18N2O. The Labute approximate surface area is 107 Å². The van der Waals surface area contributed by atoms with Crippen LogP contribution in [0.15, 0.2) is 34.9 Å². The predicted molar refractivity (Wildman–Crippen MR) is 72.0 cm³/mol. The van der Waals surface area contributed by atoms with Crippen molar-refractivity contribution < 1.29 is 4.52 Å². The topological polar surface area (TPSA) is 38.1 Å². The quantitative estimate of drug-likeness (QED) is 0.875. The molecule has 2 atom stereocenters. The third-order valence-corrected chi connectivity index (χ3v) is 3.87. The van der Waals surface area contributed by atoms with Gasteiger partial charge in [-0.25, -0.2) is 0 Å². The van der Waals surface area contributed by atoms with E-state index in [4.69, 9.17) is 4.52 Å². The van der Waals surface area contributed by atoms with E-state index in [1.807, 2.05) is 7.05 Å². The van der Waals surface area contributed by atoms with Gasteiger partial charge in [-0.2, -0.15) is 0 Å². The van der Waals surface area contributed by atoms with Crippen LogP contribution in [0.2, 0.25) is 0 Å². The molecule has 2 unspecified atom stereocenters. The van der Waals surface area contributed by atoms with E-state index in [1.54, 1.807) is 0 Å². The van der Waals surface area contributed by atoms with Crippen molar-refractivity contribution in [3.05, 3.63) is 47.2 Å². The van der Waals surface area contributed by atoms with Gasteiger partial charge in [0.15, 0.2) is 0 Å². The molecule has 0 saturated heterocycles. The summed E-state index contributed by atoms with van der Waals surface area (Å²) in [6.07, 6.45) is 2.14. The van der Waals surface area contributed by atoms with E-state index in [-0.39, 0.29) is 0 Å². The van der Waals surface area contributed by atoms with Crippen LogP contribution >= 0.6 is 0 Å². The number of nitrogens with one attached hydrogen (secondary N) is 1. The van der Waals surface area contributed by atoms with Crippen LogP contribution in [-0.4, -0.2) is 12.2 Å². The van der Waals surface area contributed by atoms with E-state index in [1.165, 1.54) is 11.1 Å². The van der Waals surface area contributed by atoms with Crippen LogP contribution < -0.4 is 5.32 Å². The Morgan fingerprint density at radius 3 is 2.78 bits per heavy atom. The zero-order valence-electron chi connectivity index (χ0n) is 10.8. The molecule has 3 rings (SSSR count). The summed E-state index contributed by atoms with van der Waals surface area (Å²) in [4.78, 5) is 0. The van der Waals surface area contributed by atoms with Crippen LogP contribution in [-0.2, 0) is 6.42 Å². The van der Waals surface area contributed by atoms with Gasteiger partial charge in [-0.1, -0.05) is 42.4 Å². The zero-order chi connectivity index (χ0) is 12.5. The molecule has 1 aliphatic carbocycles. The van der Waals surface area contributed by atoms with E-state index < -0.39 is 0 Å². The SMILES string of the molecule is CNc1onc2c1C(C)CC(c1ccccc1)C2. The molecule has 1 N–H and O–H groups in total. The predicted octanol–water partition coefficient (Wildman–Crippen LogP) is 3.55. The van der Waals surface area contributed by atoms with Gasteiger partial charge in [0.05, 0.1) is 5.69 Å². The summed E-state index contributed by atoms with van der Waals surface area (Å²) in [6.45, 7) is 2.26. The molecule has 1 aromatic heterocycles. The first-order valence-corrected chi connectivity index (χ1v) is 6.50. The molecule has 0 spiro atoms. The van der Waals surface area contributed by atoms with Gasteiger partial charge >= 0.3 is 0 Å². The van der Waals surface area contributed by atoms with Crippen molar-refractivity contribution in [1.29, 1.82) is 0 Å². The van der Waals surface area contributed by atoms with Gasteiger partial charge in [-0.3, -0.25) is 0 Å². The number of hydrogen-bond acceptors (Lipinski definition) is 3. The van der Waals surface area contributed by atoms with Gasteiger partial charge in [0.2, 0.25) is 5.88 Å². The molecule has 0 radical (unpaired) electrons. The highest BCUT2D eigenvalue weighted by Gasteiger charge is 2.30. The number of nitrogens with zero attached hydrogens (tertiary/aromatic N) is 1. The summed E-state index contributed by atoms with van der Waals surface area (Å²) in [5, 5.41) is 7.31. The average Bonchev–Trinajstić information content (AvgIpc) is 2.83. The average molecular weight is 242 g/mol. The first-order chi connectivity index (χ1) is 8.79. The largest absolute Gasteiger partial charge is 0.357 e.